The molecule has 0 aromatic carbocycles. The molecule has 1 heterocycles. The lowest BCUT2D eigenvalue weighted by Crippen LogP contribution is -2.52. The molecule has 3 rings (SSSR count). The van der Waals surface area contributed by atoms with E-state index in [9.17, 15) is 5.26 Å². The summed E-state index contributed by atoms with van der Waals surface area (Å²) < 4.78 is 0. The number of hydrogen-bond donors (Lipinski definition) is 0. The number of hydrogen-bond acceptors (Lipinski definition) is 2. The van der Waals surface area contributed by atoms with Crippen molar-refractivity contribution in [3.8, 4) is 6.07 Å². The molecule has 0 radical (unpaired) electrons. The maximum absolute atomic E-state index is 9.29. The van der Waals surface area contributed by atoms with Crippen molar-refractivity contribution in [3.05, 3.63) is 0 Å². The predicted octanol–water partition coefficient (Wildman–Crippen LogP) is 3.33. The van der Waals surface area contributed by atoms with Gasteiger partial charge in [-0.1, -0.05) is 19.3 Å². The Labute approximate surface area is 105 Å². The first kappa shape index (κ1) is 11.5. The zero-order valence-electron chi connectivity index (χ0n) is 10.8. The molecule has 2 nitrogen and oxygen atoms in total. The van der Waals surface area contributed by atoms with Gasteiger partial charge in [-0.15, -0.1) is 0 Å². The summed E-state index contributed by atoms with van der Waals surface area (Å²) in [5.74, 6) is 1.29. The van der Waals surface area contributed by atoms with Crippen LogP contribution in [0, 0.1) is 23.2 Å². The quantitative estimate of drug-likeness (QED) is 0.693. The number of likely N-dealkylation sites (tertiary alicyclic amines) is 1. The summed E-state index contributed by atoms with van der Waals surface area (Å²) >= 11 is 0. The minimum absolute atomic E-state index is 0.329. The average Bonchev–Trinajstić information content (AvgIpc) is 2.86. The molecule has 0 aromatic heterocycles. The van der Waals surface area contributed by atoms with Gasteiger partial charge in [0.25, 0.3) is 0 Å². The number of nitriles is 1. The Morgan fingerprint density at radius 3 is 2.47 bits per heavy atom. The Morgan fingerprint density at radius 2 is 1.59 bits per heavy atom. The van der Waals surface area contributed by atoms with Gasteiger partial charge < -0.3 is 0 Å². The highest BCUT2D eigenvalue weighted by molar-refractivity contribution is 5.01. The van der Waals surface area contributed by atoms with Gasteiger partial charge in [-0.3, -0.25) is 4.90 Å². The molecular weight excluding hydrogens is 208 g/mol. The van der Waals surface area contributed by atoms with Crippen molar-refractivity contribution in [2.24, 2.45) is 11.8 Å². The fraction of sp³-hybridized carbons (Fsp3) is 0.933. The lowest BCUT2D eigenvalue weighted by molar-refractivity contribution is 0.0195. The molecule has 0 aromatic rings. The molecule has 3 aliphatic rings. The van der Waals surface area contributed by atoms with Crippen LogP contribution in [0.3, 0.4) is 0 Å². The van der Waals surface area contributed by atoms with E-state index in [1.54, 1.807) is 0 Å². The van der Waals surface area contributed by atoms with E-state index in [-0.39, 0.29) is 0 Å². The summed E-state index contributed by atoms with van der Waals surface area (Å²) in [7, 11) is 0. The molecule has 0 spiro atoms. The van der Waals surface area contributed by atoms with Crippen molar-refractivity contribution in [1.82, 2.24) is 4.90 Å². The Bertz CT molecular complexity index is 305. The molecule has 17 heavy (non-hydrogen) atoms. The summed E-state index contributed by atoms with van der Waals surface area (Å²) in [4.78, 5) is 2.76. The van der Waals surface area contributed by atoms with Crippen molar-refractivity contribution in [1.29, 1.82) is 5.26 Å². The van der Waals surface area contributed by atoms with E-state index >= 15 is 0 Å². The van der Waals surface area contributed by atoms with Crippen LogP contribution in [0.15, 0.2) is 0 Å². The molecule has 2 unspecified atom stereocenters. The fourth-order valence-electron chi connectivity index (χ4n) is 4.56. The second-order valence-corrected chi connectivity index (χ2v) is 6.23. The van der Waals surface area contributed by atoms with Crippen molar-refractivity contribution in [2.45, 2.75) is 69.9 Å². The number of rotatable bonds is 1. The molecule has 1 aliphatic heterocycles. The van der Waals surface area contributed by atoms with Crippen molar-refractivity contribution >= 4 is 0 Å². The van der Waals surface area contributed by atoms with E-state index in [1.807, 2.05) is 0 Å². The second kappa shape index (κ2) is 4.98. The molecule has 0 N–H and O–H groups in total. The Kier molecular flexibility index (Phi) is 3.38. The molecular formula is C15H24N2. The Hall–Kier alpha value is -0.550. The third-order valence-corrected chi connectivity index (χ3v) is 5.36. The molecule has 1 saturated heterocycles. The fourth-order valence-corrected chi connectivity index (χ4v) is 4.56. The maximum Gasteiger partial charge on any atom is 0.0672 e. The molecule has 3 fully saturated rings. The normalized spacial score (nSPS) is 43.0. The van der Waals surface area contributed by atoms with E-state index in [0.717, 1.165) is 18.4 Å². The van der Waals surface area contributed by atoms with Crippen molar-refractivity contribution in [2.75, 3.05) is 6.54 Å². The van der Waals surface area contributed by atoms with Crippen LogP contribution in [0.2, 0.25) is 0 Å². The maximum atomic E-state index is 9.29. The summed E-state index contributed by atoms with van der Waals surface area (Å²) in [6.07, 6.45) is 12.2. The first-order chi connectivity index (χ1) is 8.40. The Morgan fingerprint density at radius 1 is 0.824 bits per heavy atom. The SMILES string of the molecule is N#CC1CCCC1N1CCC[C@H]2CCCC[C@H]21. The molecule has 2 heteroatoms. The molecule has 4 atom stereocenters. The summed E-state index contributed by atoms with van der Waals surface area (Å²) in [5, 5.41) is 9.29. The predicted molar refractivity (Wildman–Crippen MR) is 68.4 cm³/mol. The number of piperidine rings is 1. The summed E-state index contributed by atoms with van der Waals surface area (Å²) in [6, 6.07) is 4.00. The topological polar surface area (TPSA) is 27.0 Å². The largest absolute Gasteiger partial charge is 0.296 e. The number of nitrogens with zero attached hydrogens (tertiary/aromatic N) is 2. The van der Waals surface area contributed by atoms with Crippen LogP contribution < -0.4 is 0 Å². The molecule has 2 saturated carbocycles. The number of fused-ring (bicyclic) bond motifs is 1. The van der Waals surface area contributed by atoms with Crippen molar-refractivity contribution in [3.63, 3.8) is 0 Å². The third-order valence-electron chi connectivity index (χ3n) is 5.36. The smallest absolute Gasteiger partial charge is 0.0672 e. The van der Waals surface area contributed by atoms with Crippen LogP contribution in [0.4, 0.5) is 0 Å². The van der Waals surface area contributed by atoms with Gasteiger partial charge in [0, 0.05) is 12.1 Å². The van der Waals surface area contributed by atoms with Gasteiger partial charge in [-0.2, -0.15) is 5.26 Å². The third kappa shape index (κ3) is 2.10. The van der Waals surface area contributed by atoms with Gasteiger partial charge in [-0.25, -0.2) is 0 Å². The molecule has 0 amide bonds. The van der Waals surface area contributed by atoms with E-state index < -0.39 is 0 Å². The van der Waals surface area contributed by atoms with Crippen LogP contribution in [-0.4, -0.2) is 23.5 Å². The van der Waals surface area contributed by atoms with Crippen LogP contribution >= 0.6 is 0 Å². The summed E-state index contributed by atoms with van der Waals surface area (Å²) in [5.41, 5.74) is 0. The first-order valence-corrected chi connectivity index (χ1v) is 7.55. The van der Waals surface area contributed by atoms with Gasteiger partial charge in [0.1, 0.15) is 0 Å². The first-order valence-electron chi connectivity index (χ1n) is 7.55. The molecule has 94 valence electrons. The second-order valence-electron chi connectivity index (χ2n) is 6.23. The zero-order chi connectivity index (χ0) is 11.7. The minimum Gasteiger partial charge on any atom is -0.296 e. The van der Waals surface area contributed by atoms with Crippen LogP contribution in [0.5, 0.6) is 0 Å². The molecule has 2 aliphatic carbocycles. The lowest BCUT2D eigenvalue weighted by atomic mass is 9.77. The summed E-state index contributed by atoms with van der Waals surface area (Å²) in [6.45, 7) is 1.27. The van der Waals surface area contributed by atoms with Crippen LogP contribution in [-0.2, 0) is 0 Å². The van der Waals surface area contributed by atoms with E-state index in [1.165, 1.54) is 57.9 Å². The van der Waals surface area contributed by atoms with E-state index in [2.05, 4.69) is 11.0 Å². The average molecular weight is 232 g/mol. The zero-order valence-corrected chi connectivity index (χ0v) is 10.8. The van der Waals surface area contributed by atoms with Gasteiger partial charge in [-0.05, 0) is 51.0 Å². The van der Waals surface area contributed by atoms with Gasteiger partial charge >= 0.3 is 0 Å². The highest BCUT2D eigenvalue weighted by atomic mass is 15.2. The Balaban J connectivity index is 1.74. The van der Waals surface area contributed by atoms with Gasteiger partial charge in [0.2, 0.25) is 0 Å². The van der Waals surface area contributed by atoms with Gasteiger partial charge in [0.05, 0.1) is 12.0 Å². The van der Waals surface area contributed by atoms with Crippen LogP contribution in [0.25, 0.3) is 0 Å². The van der Waals surface area contributed by atoms with Crippen LogP contribution in [0.1, 0.15) is 57.8 Å². The van der Waals surface area contributed by atoms with E-state index in [4.69, 9.17) is 0 Å². The lowest BCUT2D eigenvalue weighted by Gasteiger charge is -2.47. The minimum atomic E-state index is 0.329. The highest BCUT2D eigenvalue weighted by Crippen LogP contribution is 2.40. The standard InChI is InChI=1S/C15H24N2/c16-11-13-6-3-9-15(13)17-10-4-7-12-5-1-2-8-14(12)17/h12-15H,1-10H2/t12-,13?,14-,15?/m1/s1. The van der Waals surface area contributed by atoms with Crippen molar-refractivity contribution < 1.29 is 0 Å². The van der Waals surface area contributed by atoms with Gasteiger partial charge in [0.15, 0.2) is 0 Å². The monoisotopic (exact) mass is 232 g/mol. The van der Waals surface area contributed by atoms with E-state index in [0.29, 0.717) is 12.0 Å². The highest BCUT2D eigenvalue weighted by Gasteiger charge is 2.40. The molecule has 0 bridgehead atoms.